The van der Waals surface area contributed by atoms with E-state index in [9.17, 15) is 8.42 Å². The van der Waals surface area contributed by atoms with Gasteiger partial charge in [0.1, 0.15) is 0 Å². The number of piperazine rings is 1. The third kappa shape index (κ3) is 4.06. The second kappa shape index (κ2) is 6.91. The molecule has 120 valence electrons. The minimum Gasteiger partial charge on any atom is -0.363 e. The van der Waals surface area contributed by atoms with E-state index in [1.807, 2.05) is 7.05 Å². The van der Waals surface area contributed by atoms with Crippen LogP contribution in [0.3, 0.4) is 0 Å². The fourth-order valence-electron chi connectivity index (χ4n) is 2.68. The molecule has 0 aliphatic carbocycles. The second-order valence-corrected chi connectivity index (χ2v) is 7.93. The summed E-state index contributed by atoms with van der Waals surface area (Å²) in [7, 11) is -1.53. The molecule has 2 heterocycles. The predicted octanol–water partition coefficient (Wildman–Crippen LogP) is 0.696. The summed E-state index contributed by atoms with van der Waals surface area (Å²) in [6, 6.07) is 1.71. The molecule has 21 heavy (non-hydrogen) atoms. The number of rotatable bonds is 6. The molecule has 0 spiro atoms. The summed E-state index contributed by atoms with van der Waals surface area (Å²) >= 11 is 0. The second-order valence-electron chi connectivity index (χ2n) is 5.99. The third-order valence-electron chi connectivity index (χ3n) is 3.68. The van der Waals surface area contributed by atoms with Crippen molar-refractivity contribution in [3.05, 3.63) is 18.0 Å². The van der Waals surface area contributed by atoms with Gasteiger partial charge in [-0.1, -0.05) is 13.8 Å². The van der Waals surface area contributed by atoms with Crippen LogP contribution in [-0.2, 0) is 16.6 Å². The van der Waals surface area contributed by atoms with Crippen LogP contribution in [0, 0.1) is 5.92 Å². The maximum Gasteiger partial charge on any atom is 0.244 e. The smallest absolute Gasteiger partial charge is 0.244 e. The normalized spacial score (nSPS) is 18.5. The molecule has 1 aromatic rings. The highest BCUT2D eigenvalue weighted by atomic mass is 32.2. The van der Waals surface area contributed by atoms with Crippen molar-refractivity contribution in [2.75, 3.05) is 39.8 Å². The van der Waals surface area contributed by atoms with E-state index in [-0.39, 0.29) is 0 Å². The first-order valence-corrected chi connectivity index (χ1v) is 8.92. The first-order valence-electron chi connectivity index (χ1n) is 7.48. The lowest BCUT2D eigenvalue weighted by Crippen LogP contribution is -2.49. The Kier molecular flexibility index (Phi) is 5.43. The van der Waals surface area contributed by atoms with Crippen molar-refractivity contribution < 1.29 is 8.42 Å². The molecule has 0 amide bonds. The zero-order valence-electron chi connectivity index (χ0n) is 13.1. The molecule has 0 atom stereocenters. The Morgan fingerprint density at radius 3 is 2.52 bits per heavy atom. The van der Waals surface area contributed by atoms with Gasteiger partial charge in [-0.25, -0.2) is 8.42 Å². The number of nitrogens with zero attached hydrogens (tertiary/aromatic N) is 2. The highest BCUT2D eigenvalue weighted by Crippen LogP contribution is 2.19. The van der Waals surface area contributed by atoms with Gasteiger partial charge in [0.2, 0.25) is 10.0 Å². The van der Waals surface area contributed by atoms with Crippen molar-refractivity contribution in [1.29, 1.82) is 0 Å². The molecule has 6 nitrogen and oxygen atoms in total. The van der Waals surface area contributed by atoms with Crippen LogP contribution in [0.15, 0.2) is 17.2 Å². The lowest BCUT2D eigenvalue weighted by Gasteiger charge is -2.34. The average molecular weight is 314 g/mol. The number of hydrogen-bond donors (Lipinski definition) is 2. The summed E-state index contributed by atoms with van der Waals surface area (Å²) in [5.74, 6) is 0.613. The first kappa shape index (κ1) is 16.5. The van der Waals surface area contributed by atoms with E-state index in [1.54, 1.807) is 16.6 Å². The van der Waals surface area contributed by atoms with Crippen molar-refractivity contribution in [1.82, 2.24) is 19.5 Å². The standard InChI is InChI=1S/C14H26N4O2S/c1-12(2)11-17-4-6-18(7-5-17)21(19,20)14-8-13(9-15-3)16-10-14/h8,10,12,15-16H,4-7,9,11H2,1-3H3. The summed E-state index contributed by atoms with van der Waals surface area (Å²) in [5, 5.41) is 3.01. The number of sulfonamides is 1. The van der Waals surface area contributed by atoms with Crippen molar-refractivity contribution in [2.45, 2.75) is 25.3 Å². The quantitative estimate of drug-likeness (QED) is 0.811. The zero-order chi connectivity index (χ0) is 15.5. The van der Waals surface area contributed by atoms with E-state index in [2.05, 4.69) is 29.0 Å². The molecule has 2 N–H and O–H groups in total. The maximum atomic E-state index is 12.6. The van der Waals surface area contributed by atoms with Crippen molar-refractivity contribution in [2.24, 2.45) is 5.92 Å². The van der Waals surface area contributed by atoms with Crippen LogP contribution in [0.5, 0.6) is 0 Å². The van der Waals surface area contributed by atoms with E-state index in [0.29, 0.717) is 30.4 Å². The summed E-state index contributed by atoms with van der Waals surface area (Å²) in [4.78, 5) is 5.71. The van der Waals surface area contributed by atoms with Gasteiger partial charge in [0, 0.05) is 51.2 Å². The number of nitrogens with one attached hydrogen (secondary N) is 2. The molecule has 0 bridgehead atoms. The topological polar surface area (TPSA) is 68.4 Å². The molecule has 2 rings (SSSR count). The van der Waals surface area contributed by atoms with Gasteiger partial charge in [-0.05, 0) is 19.0 Å². The van der Waals surface area contributed by atoms with Crippen molar-refractivity contribution in [3.63, 3.8) is 0 Å². The minimum absolute atomic E-state index is 0.366. The average Bonchev–Trinajstić information content (AvgIpc) is 2.88. The minimum atomic E-state index is -3.36. The Balaban J connectivity index is 2.00. The Morgan fingerprint density at radius 1 is 1.29 bits per heavy atom. The molecule has 0 radical (unpaired) electrons. The van der Waals surface area contributed by atoms with Crippen molar-refractivity contribution >= 4 is 10.0 Å². The highest BCUT2D eigenvalue weighted by molar-refractivity contribution is 7.89. The van der Waals surface area contributed by atoms with E-state index < -0.39 is 10.0 Å². The molecule has 7 heteroatoms. The molecule has 1 fully saturated rings. The Bertz CT molecular complexity index is 545. The van der Waals surface area contributed by atoms with Gasteiger partial charge in [0.15, 0.2) is 0 Å². The van der Waals surface area contributed by atoms with Crippen LogP contribution in [0.1, 0.15) is 19.5 Å². The van der Waals surface area contributed by atoms with E-state index in [1.165, 1.54) is 0 Å². The van der Waals surface area contributed by atoms with Crippen LogP contribution in [0.25, 0.3) is 0 Å². The first-order chi connectivity index (χ1) is 9.93. The largest absolute Gasteiger partial charge is 0.363 e. The van der Waals surface area contributed by atoms with Gasteiger partial charge in [-0.2, -0.15) is 4.31 Å². The SMILES string of the molecule is CNCc1cc(S(=O)(=O)N2CCN(CC(C)C)CC2)c[nH]1. The van der Waals surface area contributed by atoms with Gasteiger partial charge in [0.25, 0.3) is 0 Å². The number of aromatic amines is 1. The van der Waals surface area contributed by atoms with Gasteiger partial charge in [-0.15, -0.1) is 0 Å². The van der Waals surface area contributed by atoms with Gasteiger partial charge in [-0.3, -0.25) is 0 Å². The lowest BCUT2D eigenvalue weighted by molar-refractivity contribution is 0.172. The van der Waals surface area contributed by atoms with E-state index in [0.717, 1.165) is 25.3 Å². The number of aromatic nitrogens is 1. The van der Waals surface area contributed by atoms with E-state index in [4.69, 9.17) is 0 Å². The maximum absolute atomic E-state index is 12.6. The molecule has 1 saturated heterocycles. The van der Waals surface area contributed by atoms with Gasteiger partial charge in [0.05, 0.1) is 4.90 Å². The molecular formula is C14H26N4O2S. The molecule has 1 aliphatic rings. The van der Waals surface area contributed by atoms with Gasteiger partial charge >= 0.3 is 0 Å². The molecule has 1 aromatic heterocycles. The number of hydrogen-bond acceptors (Lipinski definition) is 4. The zero-order valence-corrected chi connectivity index (χ0v) is 13.9. The molecular weight excluding hydrogens is 288 g/mol. The lowest BCUT2D eigenvalue weighted by atomic mass is 10.2. The van der Waals surface area contributed by atoms with Crippen LogP contribution in [0.2, 0.25) is 0 Å². The third-order valence-corrected chi connectivity index (χ3v) is 5.55. The monoisotopic (exact) mass is 314 g/mol. The van der Waals surface area contributed by atoms with Crippen LogP contribution in [0.4, 0.5) is 0 Å². The van der Waals surface area contributed by atoms with Crippen LogP contribution in [-0.4, -0.2) is 62.4 Å². The molecule has 0 aromatic carbocycles. The molecule has 0 unspecified atom stereocenters. The Morgan fingerprint density at radius 2 is 1.95 bits per heavy atom. The summed E-state index contributed by atoms with van der Waals surface area (Å²) < 4.78 is 26.8. The fourth-order valence-corrected chi connectivity index (χ4v) is 4.12. The highest BCUT2D eigenvalue weighted by Gasteiger charge is 2.29. The summed E-state index contributed by atoms with van der Waals surface area (Å²) in [6.07, 6.45) is 1.59. The van der Waals surface area contributed by atoms with Crippen molar-refractivity contribution in [3.8, 4) is 0 Å². The molecule has 0 saturated carbocycles. The number of H-pyrrole nitrogens is 1. The van der Waals surface area contributed by atoms with E-state index >= 15 is 0 Å². The van der Waals surface area contributed by atoms with Crippen LogP contribution < -0.4 is 5.32 Å². The van der Waals surface area contributed by atoms with Gasteiger partial charge < -0.3 is 15.2 Å². The van der Waals surface area contributed by atoms with Crippen LogP contribution >= 0.6 is 0 Å². The molecule has 1 aliphatic heterocycles. The Hall–Kier alpha value is -0.890. The Labute approximate surface area is 127 Å². The fraction of sp³-hybridized carbons (Fsp3) is 0.714. The summed E-state index contributed by atoms with van der Waals surface area (Å²) in [6.45, 7) is 8.81. The predicted molar refractivity (Wildman–Crippen MR) is 83.6 cm³/mol. The summed E-state index contributed by atoms with van der Waals surface area (Å²) in [5.41, 5.74) is 0.884.